The topological polar surface area (TPSA) is 32.7 Å². The number of hydrogen-bond donors (Lipinski definition) is 1. The number of ether oxygens (including phenoxy) is 1. The molecule has 3 heteroatoms. The Morgan fingerprint density at radius 1 is 1.37 bits per heavy atom. The molecule has 3 nitrogen and oxygen atoms in total. The summed E-state index contributed by atoms with van der Waals surface area (Å²) in [6, 6.07) is 6.50. The number of rotatable bonds is 1. The molecule has 0 aromatic heterocycles. The maximum absolute atomic E-state index is 11.1. The van der Waals surface area contributed by atoms with Gasteiger partial charge < -0.3 is 14.7 Å². The van der Waals surface area contributed by atoms with E-state index in [0.717, 1.165) is 25.1 Å². The monoisotopic (exact) mass is 261 g/mol. The first-order valence-electron chi connectivity index (χ1n) is 7.00. The van der Waals surface area contributed by atoms with Crippen molar-refractivity contribution >= 4 is 0 Å². The van der Waals surface area contributed by atoms with Crippen LogP contribution in [-0.4, -0.2) is 42.4 Å². The van der Waals surface area contributed by atoms with Crippen molar-refractivity contribution in [3.8, 4) is 5.75 Å². The summed E-state index contributed by atoms with van der Waals surface area (Å²) in [5.74, 6) is 0.883. The lowest BCUT2D eigenvalue weighted by atomic mass is 9.56. The van der Waals surface area contributed by atoms with Gasteiger partial charge >= 0.3 is 0 Å². The van der Waals surface area contributed by atoms with Gasteiger partial charge in [-0.25, -0.2) is 0 Å². The molecule has 1 fully saturated rings. The third-order valence-corrected chi connectivity index (χ3v) is 5.59. The Bertz CT molecular complexity index is 511. The molecule has 3 atom stereocenters. The molecule has 1 aromatic carbocycles. The SMILES string of the molecule is COc1ccc2c(c1)[C@@]1(C)CCN(C)C(C2)[C@]1(C)O. The minimum Gasteiger partial charge on any atom is -0.497 e. The van der Waals surface area contributed by atoms with Crippen molar-refractivity contribution < 1.29 is 9.84 Å². The first-order chi connectivity index (χ1) is 8.90. The van der Waals surface area contributed by atoms with Crippen molar-refractivity contribution in [3.05, 3.63) is 29.3 Å². The summed E-state index contributed by atoms with van der Waals surface area (Å²) in [5.41, 5.74) is 1.73. The zero-order valence-electron chi connectivity index (χ0n) is 12.2. The van der Waals surface area contributed by atoms with E-state index in [-0.39, 0.29) is 11.5 Å². The Morgan fingerprint density at radius 2 is 2.11 bits per heavy atom. The first kappa shape index (κ1) is 12.9. The van der Waals surface area contributed by atoms with Crippen molar-refractivity contribution in [2.75, 3.05) is 20.7 Å². The molecule has 0 spiro atoms. The minimum atomic E-state index is -0.695. The molecule has 3 rings (SSSR count). The number of hydrogen-bond acceptors (Lipinski definition) is 3. The zero-order valence-corrected chi connectivity index (χ0v) is 12.2. The Kier molecular flexibility index (Phi) is 2.70. The molecule has 0 radical (unpaired) electrons. The van der Waals surface area contributed by atoms with Crippen LogP contribution in [-0.2, 0) is 11.8 Å². The molecule has 1 aliphatic heterocycles. The summed E-state index contributed by atoms with van der Waals surface area (Å²) in [6.45, 7) is 5.23. The highest BCUT2D eigenvalue weighted by atomic mass is 16.5. The average Bonchev–Trinajstić information content (AvgIpc) is 2.38. The summed E-state index contributed by atoms with van der Waals surface area (Å²) < 4.78 is 5.36. The smallest absolute Gasteiger partial charge is 0.119 e. The number of benzene rings is 1. The molecule has 0 amide bonds. The van der Waals surface area contributed by atoms with E-state index in [0.29, 0.717) is 0 Å². The fourth-order valence-corrected chi connectivity index (χ4v) is 3.95. The van der Waals surface area contributed by atoms with E-state index in [1.54, 1.807) is 7.11 Å². The maximum Gasteiger partial charge on any atom is 0.119 e. The van der Waals surface area contributed by atoms with E-state index < -0.39 is 5.60 Å². The number of likely N-dealkylation sites (N-methyl/N-ethyl adjacent to an activating group) is 1. The van der Waals surface area contributed by atoms with Gasteiger partial charge in [0.2, 0.25) is 0 Å². The Hall–Kier alpha value is -1.06. The quantitative estimate of drug-likeness (QED) is 0.839. The van der Waals surface area contributed by atoms with Crippen LogP contribution in [0.4, 0.5) is 0 Å². The van der Waals surface area contributed by atoms with Gasteiger partial charge in [0.25, 0.3) is 0 Å². The van der Waals surface area contributed by atoms with Crippen LogP contribution < -0.4 is 4.74 Å². The highest BCUT2D eigenvalue weighted by Gasteiger charge is 2.57. The third-order valence-electron chi connectivity index (χ3n) is 5.59. The molecular weight excluding hydrogens is 238 g/mol. The molecule has 1 N–H and O–H groups in total. The Labute approximate surface area is 115 Å². The van der Waals surface area contributed by atoms with Gasteiger partial charge in [0.1, 0.15) is 5.75 Å². The average molecular weight is 261 g/mol. The van der Waals surface area contributed by atoms with Crippen molar-refractivity contribution in [2.24, 2.45) is 0 Å². The van der Waals surface area contributed by atoms with Gasteiger partial charge in [-0.15, -0.1) is 0 Å². The molecule has 0 saturated carbocycles. The van der Waals surface area contributed by atoms with Crippen LogP contribution in [0.1, 0.15) is 31.4 Å². The lowest BCUT2D eigenvalue weighted by Crippen LogP contribution is -2.68. The molecule has 1 saturated heterocycles. The molecule has 1 aromatic rings. The highest BCUT2D eigenvalue weighted by Crippen LogP contribution is 2.51. The number of aliphatic hydroxyl groups is 1. The van der Waals surface area contributed by atoms with Gasteiger partial charge in [-0.1, -0.05) is 13.0 Å². The van der Waals surface area contributed by atoms with Crippen molar-refractivity contribution in [2.45, 2.75) is 43.7 Å². The van der Waals surface area contributed by atoms with Crippen molar-refractivity contribution in [1.29, 1.82) is 0 Å². The lowest BCUT2D eigenvalue weighted by Gasteiger charge is -2.58. The number of nitrogens with zero attached hydrogens (tertiary/aromatic N) is 1. The van der Waals surface area contributed by atoms with Gasteiger partial charge in [0.15, 0.2) is 0 Å². The second-order valence-corrected chi connectivity index (χ2v) is 6.45. The molecule has 1 heterocycles. The number of fused-ring (bicyclic) bond motifs is 4. The van der Waals surface area contributed by atoms with E-state index in [1.165, 1.54) is 11.1 Å². The van der Waals surface area contributed by atoms with Crippen LogP contribution in [0, 0.1) is 0 Å². The van der Waals surface area contributed by atoms with Crippen molar-refractivity contribution in [3.63, 3.8) is 0 Å². The minimum absolute atomic E-state index is 0.188. The molecule has 1 aliphatic carbocycles. The zero-order chi connectivity index (χ0) is 13.8. The van der Waals surface area contributed by atoms with Gasteiger partial charge in [-0.3, -0.25) is 0 Å². The van der Waals surface area contributed by atoms with Crippen LogP contribution in [0.5, 0.6) is 5.75 Å². The van der Waals surface area contributed by atoms with Crippen LogP contribution >= 0.6 is 0 Å². The summed E-state index contributed by atoms with van der Waals surface area (Å²) in [4.78, 5) is 2.30. The Balaban J connectivity index is 2.19. The Morgan fingerprint density at radius 3 is 2.79 bits per heavy atom. The molecular formula is C16H23NO2. The second-order valence-electron chi connectivity index (χ2n) is 6.45. The van der Waals surface area contributed by atoms with E-state index >= 15 is 0 Å². The predicted molar refractivity (Wildman–Crippen MR) is 75.7 cm³/mol. The number of likely N-dealkylation sites (tertiary alicyclic amines) is 1. The van der Waals surface area contributed by atoms with Gasteiger partial charge in [0, 0.05) is 11.5 Å². The number of piperidine rings is 1. The summed E-state index contributed by atoms with van der Waals surface area (Å²) in [7, 11) is 3.82. The summed E-state index contributed by atoms with van der Waals surface area (Å²) in [5, 5.41) is 11.1. The van der Waals surface area contributed by atoms with E-state index in [2.05, 4.69) is 31.0 Å². The van der Waals surface area contributed by atoms with Crippen LogP contribution in [0.3, 0.4) is 0 Å². The molecule has 1 unspecified atom stereocenters. The third kappa shape index (κ3) is 1.58. The summed E-state index contributed by atoms with van der Waals surface area (Å²) in [6.07, 6.45) is 1.89. The van der Waals surface area contributed by atoms with Gasteiger partial charge in [-0.05, 0) is 56.6 Å². The van der Waals surface area contributed by atoms with Gasteiger partial charge in [0.05, 0.1) is 12.7 Å². The van der Waals surface area contributed by atoms with Gasteiger partial charge in [-0.2, -0.15) is 0 Å². The van der Waals surface area contributed by atoms with Crippen molar-refractivity contribution in [1.82, 2.24) is 4.90 Å². The normalized spacial score (nSPS) is 37.8. The fraction of sp³-hybridized carbons (Fsp3) is 0.625. The van der Waals surface area contributed by atoms with Crippen LogP contribution in [0.25, 0.3) is 0 Å². The molecule has 104 valence electrons. The predicted octanol–water partition coefficient (Wildman–Crippen LogP) is 1.96. The lowest BCUT2D eigenvalue weighted by molar-refractivity contribution is -0.121. The highest BCUT2D eigenvalue weighted by molar-refractivity contribution is 5.46. The maximum atomic E-state index is 11.1. The number of methoxy groups -OCH3 is 1. The first-order valence-corrected chi connectivity index (χ1v) is 7.00. The molecule has 2 bridgehead atoms. The summed E-state index contributed by atoms with van der Waals surface area (Å²) >= 11 is 0. The van der Waals surface area contributed by atoms with E-state index in [1.807, 2.05) is 13.0 Å². The largest absolute Gasteiger partial charge is 0.497 e. The molecule has 2 aliphatic rings. The second kappa shape index (κ2) is 3.97. The fourth-order valence-electron chi connectivity index (χ4n) is 3.95. The van der Waals surface area contributed by atoms with Crippen LogP contribution in [0.15, 0.2) is 18.2 Å². The van der Waals surface area contributed by atoms with E-state index in [9.17, 15) is 5.11 Å². The van der Waals surface area contributed by atoms with E-state index in [4.69, 9.17) is 4.74 Å². The standard InChI is InChI=1S/C16H23NO2/c1-15-7-8-17(3)14(16(15,2)18)9-11-5-6-12(19-4)10-13(11)15/h5-6,10,14,18H,7-9H2,1-4H3/t14?,15-,16+/m1/s1. The van der Waals surface area contributed by atoms with Crippen LogP contribution in [0.2, 0.25) is 0 Å². The molecule has 19 heavy (non-hydrogen) atoms.